The quantitative estimate of drug-likeness (QED) is 0.619. The van der Waals surface area contributed by atoms with Gasteiger partial charge in [-0.15, -0.1) is 0 Å². The number of ketones is 1. The maximum Gasteiger partial charge on any atom is 0.200 e. The van der Waals surface area contributed by atoms with Crippen LogP contribution in [-0.4, -0.2) is 12.4 Å². The molecule has 0 fully saturated rings. The number of hydrogen-bond donors (Lipinski definition) is 0. The standard InChI is InChI=1S/C15H11Br2ClO2/c1-9-5-12(17)7-13(18)15(9)20-8-14(19)10-3-2-4-11(16)6-10/h2-7H,8H2,1H3. The summed E-state index contributed by atoms with van der Waals surface area (Å²) in [5.41, 5.74) is 1.48. The van der Waals surface area contributed by atoms with Crippen molar-refractivity contribution in [2.45, 2.75) is 6.92 Å². The Labute approximate surface area is 139 Å². The highest BCUT2D eigenvalue weighted by Gasteiger charge is 2.11. The van der Waals surface area contributed by atoms with Crippen LogP contribution in [-0.2, 0) is 0 Å². The predicted octanol–water partition coefficient (Wildman–Crippen LogP) is 5.44. The Bertz CT molecular complexity index is 633. The van der Waals surface area contributed by atoms with Crippen LogP contribution in [0.25, 0.3) is 0 Å². The molecule has 0 radical (unpaired) electrons. The summed E-state index contributed by atoms with van der Waals surface area (Å²) in [5.74, 6) is 0.447. The van der Waals surface area contributed by atoms with Crippen LogP contribution in [0.4, 0.5) is 0 Å². The zero-order valence-electron chi connectivity index (χ0n) is 10.6. The van der Waals surface area contributed by atoms with E-state index < -0.39 is 0 Å². The Morgan fingerprint density at radius 2 is 1.95 bits per heavy atom. The lowest BCUT2D eigenvalue weighted by molar-refractivity contribution is 0.0921. The molecule has 0 spiro atoms. The summed E-state index contributed by atoms with van der Waals surface area (Å²) in [6.07, 6.45) is 0. The largest absolute Gasteiger partial charge is 0.484 e. The van der Waals surface area contributed by atoms with E-state index >= 15 is 0 Å². The second-order valence-electron chi connectivity index (χ2n) is 4.26. The Morgan fingerprint density at radius 1 is 1.20 bits per heavy atom. The molecule has 0 saturated heterocycles. The van der Waals surface area contributed by atoms with E-state index in [0.717, 1.165) is 14.5 Å². The van der Waals surface area contributed by atoms with E-state index in [9.17, 15) is 4.79 Å². The Hall–Kier alpha value is -0.840. The highest BCUT2D eigenvalue weighted by Crippen LogP contribution is 2.32. The normalized spacial score (nSPS) is 10.4. The maximum atomic E-state index is 12.1. The molecular weight excluding hydrogens is 407 g/mol. The van der Waals surface area contributed by atoms with Crippen molar-refractivity contribution in [1.29, 1.82) is 0 Å². The van der Waals surface area contributed by atoms with Crippen molar-refractivity contribution < 1.29 is 9.53 Å². The molecular formula is C15H11Br2ClO2. The minimum absolute atomic E-state index is 0.0430. The smallest absolute Gasteiger partial charge is 0.200 e. The van der Waals surface area contributed by atoms with E-state index in [-0.39, 0.29) is 12.4 Å². The first kappa shape index (κ1) is 15.5. The third-order valence-corrected chi connectivity index (χ3v) is 3.92. The molecule has 2 rings (SSSR count). The van der Waals surface area contributed by atoms with Gasteiger partial charge in [-0.1, -0.05) is 55.6 Å². The molecule has 5 heteroatoms. The van der Waals surface area contributed by atoms with Crippen LogP contribution in [0.5, 0.6) is 5.75 Å². The average Bonchev–Trinajstić information content (AvgIpc) is 2.37. The first-order valence-electron chi connectivity index (χ1n) is 5.84. The number of Topliss-reactive ketones (excluding diaryl/α,β-unsaturated/α-hetero) is 1. The van der Waals surface area contributed by atoms with Crippen molar-refractivity contribution in [3.8, 4) is 5.75 Å². The van der Waals surface area contributed by atoms with Gasteiger partial charge in [-0.3, -0.25) is 4.79 Å². The van der Waals surface area contributed by atoms with Gasteiger partial charge < -0.3 is 4.74 Å². The van der Waals surface area contributed by atoms with Gasteiger partial charge in [0.15, 0.2) is 12.4 Å². The lowest BCUT2D eigenvalue weighted by atomic mass is 10.1. The lowest BCUT2D eigenvalue weighted by Gasteiger charge is -2.11. The summed E-state index contributed by atoms with van der Waals surface area (Å²) in [4.78, 5) is 12.1. The zero-order chi connectivity index (χ0) is 14.7. The number of rotatable bonds is 4. The van der Waals surface area contributed by atoms with Gasteiger partial charge in [0.2, 0.25) is 0 Å². The van der Waals surface area contributed by atoms with Gasteiger partial charge in [-0.2, -0.15) is 0 Å². The van der Waals surface area contributed by atoms with Crippen molar-refractivity contribution >= 4 is 49.2 Å². The summed E-state index contributed by atoms with van der Waals surface area (Å²) in [6.45, 7) is 1.84. The molecule has 0 unspecified atom stereocenters. The molecule has 104 valence electrons. The number of benzene rings is 2. The van der Waals surface area contributed by atoms with Crippen LogP contribution in [0.3, 0.4) is 0 Å². The summed E-state index contributed by atoms with van der Waals surface area (Å²) >= 11 is 12.8. The zero-order valence-corrected chi connectivity index (χ0v) is 14.5. The minimum atomic E-state index is -0.0929. The minimum Gasteiger partial charge on any atom is -0.484 e. The van der Waals surface area contributed by atoms with E-state index in [1.807, 2.05) is 25.1 Å². The molecule has 0 amide bonds. The molecule has 0 bridgehead atoms. The number of aryl methyl sites for hydroxylation is 1. The highest BCUT2D eigenvalue weighted by molar-refractivity contribution is 9.10. The average molecular weight is 419 g/mol. The Kier molecular flexibility index (Phi) is 5.24. The molecule has 2 aromatic rings. The fourth-order valence-corrected chi connectivity index (χ4v) is 3.18. The van der Waals surface area contributed by atoms with E-state index in [2.05, 4.69) is 31.9 Å². The first-order valence-corrected chi connectivity index (χ1v) is 7.81. The molecule has 0 N–H and O–H groups in total. The van der Waals surface area contributed by atoms with Gasteiger partial charge >= 0.3 is 0 Å². The Morgan fingerprint density at radius 3 is 2.60 bits per heavy atom. The van der Waals surface area contributed by atoms with Crippen LogP contribution in [0.15, 0.2) is 45.3 Å². The Balaban J connectivity index is 2.11. The van der Waals surface area contributed by atoms with Gasteiger partial charge in [0.05, 0.1) is 5.02 Å². The second-order valence-corrected chi connectivity index (χ2v) is 6.49. The second kappa shape index (κ2) is 6.74. The molecule has 0 aliphatic rings. The third kappa shape index (κ3) is 3.84. The van der Waals surface area contributed by atoms with Gasteiger partial charge in [0.1, 0.15) is 5.75 Å². The molecule has 0 heterocycles. The van der Waals surface area contributed by atoms with Gasteiger partial charge in [0.25, 0.3) is 0 Å². The summed E-state index contributed by atoms with van der Waals surface area (Å²) < 4.78 is 7.30. The third-order valence-electron chi connectivity index (χ3n) is 2.69. The van der Waals surface area contributed by atoms with Crippen molar-refractivity contribution in [3.63, 3.8) is 0 Å². The van der Waals surface area contributed by atoms with Crippen LogP contribution in [0.1, 0.15) is 15.9 Å². The fraction of sp³-hybridized carbons (Fsp3) is 0.133. The molecule has 0 aromatic heterocycles. The molecule has 0 aliphatic heterocycles. The van der Waals surface area contributed by atoms with Gasteiger partial charge in [0, 0.05) is 14.5 Å². The van der Waals surface area contributed by atoms with E-state index in [4.69, 9.17) is 16.3 Å². The van der Waals surface area contributed by atoms with E-state index in [1.165, 1.54) is 0 Å². The van der Waals surface area contributed by atoms with Crippen molar-refractivity contribution in [1.82, 2.24) is 0 Å². The summed E-state index contributed by atoms with van der Waals surface area (Å²) in [5, 5.41) is 0.485. The van der Waals surface area contributed by atoms with E-state index in [0.29, 0.717) is 16.3 Å². The fourth-order valence-electron chi connectivity index (χ4n) is 1.75. The maximum absolute atomic E-state index is 12.1. The molecule has 2 aromatic carbocycles. The van der Waals surface area contributed by atoms with Gasteiger partial charge in [-0.25, -0.2) is 0 Å². The van der Waals surface area contributed by atoms with Crippen LogP contribution in [0.2, 0.25) is 5.02 Å². The van der Waals surface area contributed by atoms with Crippen molar-refractivity contribution in [3.05, 3.63) is 61.5 Å². The summed E-state index contributed by atoms with van der Waals surface area (Å²) in [7, 11) is 0. The number of carbonyl (C=O) groups excluding carboxylic acids is 1. The molecule has 0 saturated carbocycles. The number of carbonyl (C=O) groups is 1. The van der Waals surface area contributed by atoms with Crippen LogP contribution in [0, 0.1) is 6.92 Å². The first-order chi connectivity index (χ1) is 9.47. The molecule has 2 nitrogen and oxygen atoms in total. The van der Waals surface area contributed by atoms with Crippen LogP contribution >= 0.6 is 43.5 Å². The number of hydrogen-bond acceptors (Lipinski definition) is 2. The van der Waals surface area contributed by atoms with Gasteiger partial charge in [-0.05, 0) is 36.8 Å². The molecule has 0 atom stereocenters. The monoisotopic (exact) mass is 416 g/mol. The van der Waals surface area contributed by atoms with E-state index in [1.54, 1.807) is 18.2 Å². The van der Waals surface area contributed by atoms with Crippen LogP contribution < -0.4 is 4.74 Å². The predicted molar refractivity (Wildman–Crippen MR) is 87.9 cm³/mol. The SMILES string of the molecule is Cc1cc(Br)cc(Cl)c1OCC(=O)c1cccc(Br)c1. The molecule has 0 aliphatic carbocycles. The highest BCUT2D eigenvalue weighted by atomic mass is 79.9. The van der Waals surface area contributed by atoms with Crippen molar-refractivity contribution in [2.24, 2.45) is 0 Å². The van der Waals surface area contributed by atoms with Crippen molar-refractivity contribution in [2.75, 3.05) is 6.61 Å². The number of halogens is 3. The summed E-state index contributed by atoms with van der Waals surface area (Å²) in [6, 6.07) is 10.8. The molecule has 20 heavy (non-hydrogen) atoms. The number of ether oxygens (including phenoxy) is 1. The topological polar surface area (TPSA) is 26.3 Å². The lowest BCUT2D eigenvalue weighted by Crippen LogP contribution is -2.12.